The summed E-state index contributed by atoms with van der Waals surface area (Å²) < 4.78 is 5.43. The van der Waals surface area contributed by atoms with Gasteiger partial charge in [-0.2, -0.15) is 0 Å². The van der Waals surface area contributed by atoms with Crippen LogP contribution in [0.2, 0.25) is 0 Å². The third-order valence-corrected chi connectivity index (χ3v) is 4.11. The van der Waals surface area contributed by atoms with Gasteiger partial charge in [-0.05, 0) is 38.6 Å². The average Bonchev–Trinajstić information content (AvgIpc) is 2.79. The molecule has 0 aromatic carbocycles. The fraction of sp³-hybridized carbons (Fsp3) is 0.643. The van der Waals surface area contributed by atoms with E-state index in [4.69, 9.17) is 10.5 Å². The molecule has 0 radical (unpaired) electrons. The van der Waals surface area contributed by atoms with Crippen LogP contribution in [0.3, 0.4) is 0 Å². The highest BCUT2D eigenvalue weighted by Crippen LogP contribution is 2.30. The van der Waals surface area contributed by atoms with Gasteiger partial charge in [-0.15, -0.1) is 11.3 Å². The van der Waals surface area contributed by atoms with Crippen molar-refractivity contribution in [2.75, 3.05) is 13.1 Å². The first kappa shape index (κ1) is 14.3. The van der Waals surface area contributed by atoms with E-state index >= 15 is 0 Å². The SMILES string of the molecule is CC(C)(C)OC(=O)N1CC(N)CC(c2cccs2)C1. The largest absolute Gasteiger partial charge is 0.444 e. The van der Waals surface area contributed by atoms with Crippen LogP contribution in [0, 0.1) is 0 Å². The van der Waals surface area contributed by atoms with E-state index in [1.807, 2.05) is 26.8 Å². The predicted molar refractivity (Wildman–Crippen MR) is 77.5 cm³/mol. The van der Waals surface area contributed by atoms with Crippen LogP contribution in [-0.2, 0) is 4.74 Å². The standard InChI is InChI=1S/C14H22N2O2S/c1-14(2,3)18-13(17)16-8-10(7-11(15)9-16)12-5-4-6-19-12/h4-6,10-11H,7-9,15H2,1-3H3. The molecule has 106 valence electrons. The van der Waals surface area contributed by atoms with Crippen LogP contribution in [-0.4, -0.2) is 35.7 Å². The molecule has 2 rings (SSSR count). The third kappa shape index (κ3) is 3.94. The van der Waals surface area contributed by atoms with Gasteiger partial charge in [-0.25, -0.2) is 4.79 Å². The van der Waals surface area contributed by atoms with Gasteiger partial charge in [0.15, 0.2) is 0 Å². The van der Waals surface area contributed by atoms with E-state index in [0.717, 1.165) is 6.42 Å². The zero-order chi connectivity index (χ0) is 14.0. The highest BCUT2D eigenvalue weighted by atomic mass is 32.1. The summed E-state index contributed by atoms with van der Waals surface area (Å²) in [6.45, 7) is 6.92. The lowest BCUT2D eigenvalue weighted by Crippen LogP contribution is -2.50. The number of ether oxygens (including phenoxy) is 1. The molecule has 0 bridgehead atoms. The minimum atomic E-state index is -0.461. The normalized spacial score (nSPS) is 24.3. The fourth-order valence-electron chi connectivity index (χ4n) is 2.34. The molecule has 2 heterocycles. The lowest BCUT2D eigenvalue weighted by molar-refractivity contribution is 0.0182. The second-order valence-electron chi connectivity index (χ2n) is 6.09. The Bertz CT molecular complexity index is 425. The summed E-state index contributed by atoms with van der Waals surface area (Å²) in [6, 6.07) is 4.17. The maximum Gasteiger partial charge on any atom is 0.410 e. The van der Waals surface area contributed by atoms with E-state index in [1.165, 1.54) is 4.88 Å². The Kier molecular flexibility index (Phi) is 4.16. The van der Waals surface area contributed by atoms with Gasteiger partial charge in [-0.1, -0.05) is 6.07 Å². The number of thiophene rings is 1. The van der Waals surface area contributed by atoms with Crippen LogP contribution >= 0.6 is 11.3 Å². The first-order chi connectivity index (χ1) is 8.85. The molecule has 19 heavy (non-hydrogen) atoms. The predicted octanol–water partition coefficient (Wildman–Crippen LogP) is 2.80. The summed E-state index contributed by atoms with van der Waals surface area (Å²) in [6.07, 6.45) is 0.670. The maximum atomic E-state index is 12.1. The Morgan fingerprint density at radius 2 is 2.21 bits per heavy atom. The van der Waals surface area contributed by atoms with Crippen molar-refractivity contribution >= 4 is 17.4 Å². The summed E-state index contributed by atoms with van der Waals surface area (Å²) in [5, 5.41) is 2.06. The highest BCUT2D eigenvalue weighted by Gasteiger charge is 2.32. The monoisotopic (exact) mass is 282 g/mol. The van der Waals surface area contributed by atoms with Crippen molar-refractivity contribution in [1.29, 1.82) is 0 Å². The molecular formula is C14H22N2O2S. The average molecular weight is 282 g/mol. The van der Waals surface area contributed by atoms with Crippen LogP contribution in [0.1, 0.15) is 38.0 Å². The number of hydrogen-bond donors (Lipinski definition) is 1. The second kappa shape index (κ2) is 5.51. The van der Waals surface area contributed by atoms with Gasteiger partial charge in [-0.3, -0.25) is 0 Å². The summed E-state index contributed by atoms with van der Waals surface area (Å²) in [4.78, 5) is 15.2. The Hall–Kier alpha value is -1.07. The van der Waals surface area contributed by atoms with Crippen LogP contribution < -0.4 is 5.73 Å². The highest BCUT2D eigenvalue weighted by molar-refractivity contribution is 7.10. The van der Waals surface area contributed by atoms with Gasteiger partial charge in [0.1, 0.15) is 5.60 Å². The lowest BCUT2D eigenvalue weighted by atomic mass is 9.93. The molecule has 5 heteroatoms. The van der Waals surface area contributed by atoms with Gasteiger partial charge in [0.2, 0.25) is 0 Å². The molecule has 1 aliphatic rings. The molecule has 1 saturated heterocycles. The quantitative estimate of drug-likeness (QED) is 0.861. The molecule has 1 aliphatic heterocycles. The van der Waals surface area contributed by atoms with Gasteiger partial charge in [0.05, 0.1) is 0 Å². The van der Waals surface area contributed by atoms with Crippen molar-refractivity contribution in [2.24, 2.45) is 5.73 Å². The van der Waals surface area contributed by atoms with E-state index < -0.39 is 5.60 Å². The van der Waals surface area contributed by atoms with Crippen LogP contribution in [0.15, 0.2) is 17.5 Å². The minimum absolute atomic E-state index is 0.0216. The second-order valence-corrected chi connectivity index (χ2v) is 7.07. The lowest BCUT2D eigenvalue weighted by Gasteiger charge is -2.36. The minimum Gasteiger partial charge on any atom is -0.444 e. The maximum absolute atomic E-state index is 12.1. The number of carbonyl (C=O) groups is 1. The van der Waals surface area contributed by atoms with Crippen molar-refractivity contribution in [3.05, 3.63) is 22.4 Å². The van der Waals surface area contributed by atoms with E-state index in [9.17, 15) is 4.79 Å². The number of rotatable bonds is 1. The molecule has 4 nitrogen and oxygen atoms in total. The van der Waals surface area contributed by atoms with Crippen molar-refractivity contribution in [1.82, 2.24) is 4.90 Å². The zero-order valence-corrected chi connectivity index (χ0v) is 12.6. The van der Waals surface area contributed by atoms with Gasteiger partial charge >= 0.3 is 6.09 Å². The number of carbonyl (C=O) groups excluding carboxylic acids is 1. The number of nitrogens with zero attached hydrogens (tertiary/aromatic N) is 1. The third-order valence-electron chi connectivity index (χ3n) is 3.08. The molecule has 2 N–H and O–H groups in total. The summed E-state index contributed by atoms with van der Waals surface area (Å²) in [7, 11) is 0. The summed E-state index contributed by atoms with van der Waals surface area (Å²) >= 11 is 1.72. The molecule has 0 saturated carbocycles. The number of amides is 1. The topological polar surface area (TPSA) is 55.6 Å². The molecule has 1 fully saturated rings. The zero-order valence-electron chi connectivity index (χ0n) is 11.8. The molecule has 1 amide bonds. The first-order valence-electron chi connectivity index (χ1n) is 6.62. The summed E-state index contributed by atoms with van der Waals surface area (Å²) in [5.74, 6) is 0.330. The van der Waals surface area contributed by atoms with E-state index in [1.54, 1.807) is 16.2 Å². The Morgan fingerprint density at radius 1 is 1.47 bits per heavy atom. The number of piperidine rings is 1. The Balaban J connectivity index is 2.04. The van der Waals surface area contributed by atoms with Crippen molar-refractivity contribution < 1.29 is 9.53 Å². The Morgan fingerprint density at radius 3 is 2.79 bits per heavy atom. The molecule has 2 atom stereocenters. The fourth-order valence-corrected chi connectivity index (χ4v) is 3.18. The summed E-state index contributed by atoms with van der Waals surface area (Å²) in [5.41, 5.74) is 5.62. The first-order valence-corrected chi connectivity index (χ1v) is 7.50. The van der Waals surface area contributed by atoms with Crippen molar-refractivity contribution in [3.8, 4) is 0 Å². The smallest absolute Gasteiger partial charge is 0.410 e. The van der Waals surface area contributed by atoms with Gasteiger partial charge < -0.3 is 15.4 Å². The molecule has 0 spiro atoms. The molecule has 1 aromatic heterocycles. The van der Waals surface area contributed by atoms with Crippen molar-refractivity contribution in [2.45, 2.75) is 44.8 Å². The van der Waals surface area contributed by atoms with E-state index in [2.05, 4.69) is 11.4 Å². The van der Waals surface area contributed by atoms with Crippen LogP contribution in [0.25, 0.3) is 0 Å². The number of hydrogen-bond acceptors (Lipinski definition) is 4. The molecule has 2 unspecified atom stereocenters. The van der Waals surface area contributed by atoms with Crippen LogP contribution in [0.5, 0.6) is 0 Å². The van der Waals surface area contributed by atoms with E-state index in [-0.39, 0.29) is 12.1 Å². The van der Waals surface area contributed by atoms with Crippen molar-refractivity contribution in [3.63, 3.8) is 0 Å². The Labute approximate surface area is 118 Å². The molecule has 0 aliphatic carbocycles. The molecular weight excluding hydrogens is 260 g/mol. The van der Waals surface area contributed by atoms with Crippen LogP contribution in [0.4, 0.5) is 4.79 Å². The van der Waals surface area contributed by atoms with E-state index in [0.29, 0.717) is 19.0 Å². The number of likely N-dealkylation sites (tertiary alicyclic amines) is 1. The molecule has 1 aromatic rings. The van der Waals surface area contributed by atoms with Gasteiger partial charge in [0.25, 0.3) is 0 Å². The number of nitrogens with two attached hydrogens (primary N) is 1. The van der Waals surface area contributed by atoms with Gasteiger partial charge in [0, 0.05) is 29.9 Å².